The normalized spacial score (nSPS) is 24.7. The number of nitrogens with two attached hydrogens (primary N) is 1. The summed E-state index contributed by atoms with van der Waals surface area (Å²) in [5.41, 5.74) is 7.12. The minimum Gasteiger partial charge on any atom is -0.327 e. The van der Waals surface area contributed by atoms with Crippen LogP contribution >= 0.6 is 0 Å². The average molecular weight is 183 g/mol. The Morgan fingerprint density at radius 1 is 1.23 bits per heavy atom. The highest BCUT2D eigenvalue weighted by Crippen LogP contribution is 2.47. The molecule has 1 atom stereocenters. The molecule has 0 heterocycles. The van der Waals surface area contributed by atoms with Crippen LogP contribution in [0, 0.1) is 10.8 Å². The number of hydrogen-bond donors (Lipinski definition) is 1. The van der Waals surface area contributed by atoms with Gasteiger partial charge < -0.3 is 5.73 Å². The van der Waals surface area contributed by atoms with E-state index in [-0.39, 0.29) is 5.41 Å². The van der Waals surface area contributed by atoms with Crippen LogP contribution in [0.15, 0.2) is 0 Å². The minimum absolute atomic E-state index is 0.264. The predicted molar refractivity (Wildman–Crippen MR) is 58.6 cm³/mol. The van der Waals surface area contributed by atoms with Crippen LogP contribution in [0.4, 0.5) is 0 Å². The third-order valence-corrected chi connectivity index (χ3v) is 3.90. The van der Waals surface area contributed by atoms with Crippen molar-refractivity contribution in [1.29, 1.82) is 0 Å². The quantitative estimate of drug-likeness (QED) is 0.698. The van der Waals surface area contributed by atoms with Gasteiger partial charge in [-0.05, 0) is 30.1 Å². The summed E-state index contributed by atoms with van der Waals surface area (Å²) in [7, 11) is 0. The van der Waals surface area contributed by atoms with Crippen molar-refractivity contribution in [3.63, 3.8) is 0 Å². The zero-order valence-electron chi connectivity index (χ0n) is 9.69. The summed E-state index contributed by atoms with van der Waals surface area (Å²) in [5, 5.41) is 0. The molecular weight excluding hydrogens is 158 g/mol. The van der Waals surface area contributed by atoms with Gasteiger partial charge in [-0.15, -0.1) is 0 Å². The SMILES string of the molecule is CCC1(C(N)C(C)(C)C)CCCC1. The van der Waals surface area contributed by atoms with Crippen molar-refractivity contribution >= 4 is 0 Å². The Labute approximate surface area is 83.1 Å². The smallest absolute Gasteiger partial charge is 0.0144 e. The van der Waals surface area contributed by atoms with E-state index in [1.165, 1.54) is 32.1 Å². The van der Waals surface area contributed by atoms with Gasteiger partial charge in [0.15, 0.2) is 0 Å². The first-order valence-corrected chi connectivity index (χ1v) is 5.68. The molecule has 0 saturated heterocycles. The van der Waals surface area contributed by atoms with E-state index in [2.05, 4.69) is 27.7 Å². The molecule has 1 aliphatic carbocycles. The van der Waals surface area contributed by atoms with Crippen LogP contribution in [0.25, 0.3) is 0 Å². The predicted octanol–water partition coefficient (Wildman–Crippen LogP) is 3.33. The van der Waals surface area contributed by atoms with E-state index >= 15 is 0 Å². The van der Waals surface area contributed by atoms with Crippen LogP contribution in [-0.4, -0.2) is 6.04 Å². The lowest BCUT2D eigenvalue weighted by Crippen LogP contribution is -2.48. The summed E-state index contributed by atoms with van der Waals surface area (Å²) in [6.45, 7) is 9.12. The van der Waals surface area contributed by atoms with Gasteiger partial charge in [-0.25, -0.2) is 0 Å². The molecule has 0 bridgehead atoms. The number of rotatable bonds is 2. The molecule has 0 radical (unpaired) electrons. The van der Waals surface area contributed by atoms with Gasteiger partial charge in [-0.2, -0.15) is 0 Å². The summed E-state index contributed by atoms with van der Waals surface area (Å²) in [6.07, 6.45) is 6.73. The van der Waals surface area contributed by atoms with Gasteiger partial charge in [0.25, 0.3) is 0 Å². The van der Waals surface area contributed by atoms with E-state index < -0.39 is 0 Å². The fraction of sp³-hybridized carbons (Fsp3) is 1.00. The molecular formula is C12H25N. The summed E-state index contributed by atoms with van der Waals surface area (Å²) < 4.78 is 0. The van der Waals surface area contributed by atoms with Crippen molar-refractivity contribution < 1.29 is 0 Å². The van der Waals surface area contributed by atoms with Crippen molar-refractivity contribution in [2.24, 2.45) is 16.6 Å². The van der Waals surface area contributed by atoms with Gasteiger partial charge in [0.2, 0.25) is 0 Å². The van der Waals surface area contributed by atoms with Crippen LogP contribution in [-0.2, 0) is 0 Å². The summed E-state index contributed by atoms with van der Waals surface area (Å²) in [5.74, 6) is 0. The Hall–Kier alpha value is -0.0400. The maximum absolute atomic E-state index is 6.40. The Balaban J connectivity index is 2.76. The lowest BCUT2D eigenvalue weighted by molar-refractivity contribution is 0.124. The molecule has 0 aromatic heterocycles. The van der Waals surface area contributed by atoms with Gasteiger partial charge in [-0.3, -0.25) is 0 Å². The van der Waals surface area contributed by atoms with E-state index in [1.54, 1.807) is 0 Å². The zero-order chi connectivity index (χ0) is 10.1. The Morgan fingerprint density at radius 2 is 1.69 bits per heavy atom. The Kier molecular flexibility index (Phi) is 3.06. The fourth-order valence-electron chi connectivity index (χ4n) is 2.88. The molecule has 1 aliphatic rings. The summed E-state index contributed by atoms with van der Waals surface area (Å²) in [4.78, 5) is 0. The third kappa shape index (κ3) is 2.07. The van der Waals surface area contributed by atoms with Crippen molar-refractivity contribution in [2.45, 2.75) is 65.8 Å². The monoisotopic (exact) mass is 183 g/mol. The van der Waals surface area contributed by atoms with Gasteiger partial charge >= 0.3 is 0 Å². The molecule has 0 amide bonds. The first-order chi connectivity index (χ1) is 5.92. The van der Waals surface area contributed by atoms with E-state index in [0.29, 0.717) is 11.5 Å². The lowest BCUT2D eigenvalue weighted by atomic mass is 9.67. The summed E-state index contributed by atoms with van der Waals surface area (Å²) >= 11 is 0. The second kappa shape index (κ2) is 3.61. The number of hydrogen-bond acceptors (Lipinski definition) is 1. The molecule has 0 aromatic rings. The fourth-order valence-corrected chi connectivity index (χ4v) is 2.88. The third-order valence-electron chi connectivity index (χ3n) is 3.90. The summed E-state index contributed by atoms with van der Waals surface area (Å²) in [6, 6.07) is 0.368. The topological polar surface area (TPSA) is 26.0 Å². The second-order valence-electron chi connectivity index (χ2n) is 5.77. The molecule has 1 unspecified atom stereocenters. The molecule has 1 rings (SSSR count). The maximum Gasteiger partial charge on any atom is 0.0144 e. The van der Waals surface area contributed by atoms with E-state index in [0.717, 1.165) is 0 Å². The van der Waals surface area contributed by atoms with Gasteiger partial charge in [0.1, 0.15) is 0 Å². The van der Waals surface area contributed by atoms with Crippen LogP contribution < -0.4 is 5.73 Å². The van der Waals surface area contributed by atoms with Crippen LogP contribution in [0.1, 0.15) is 59.8 Å². The van der Waals surface area contributed by atoms with Crippen LogP contribution in [0.2, 0.25) is 0 Å². The van der Waals surface area contributed by atoms with Crippen molar-refractivity contribution in [2.75, 3.05) is 0 Å². The highest BCUT2D eigenvalue weighted by atomic mass is 14.7. The average Bonchev–Trinajstić information content (AvgIpc) is 2.50. The molecule has 0 aliphatic heterocycles. The second-order valence-corrected chi connectivity index (χ2v) is 5.77. The molecule has 1 fully saturated rings. The largest absolute Gasteiger partial charge is 0.327 e. The zero-order valence-corrected chi connectivity index (χ0v) is 9.69. The van der Waals surface area contributed by atoms with E-state index in [1.807, 2.05) is 0 Å². The van der Waals surface area contributed by atoms with Crippen LogP contribution in [0.3, 0.4) is 0 Å². The van der Waals surface area contributed by atoms with Gasteiger partial charge in [0.05, 0.1) is 0 Å². The lowest BCUT2D eigenvalue weighted by Gasteiger charge is -2.42. The van der Waals surface area contributed by atoms with Crippen molar-refractivity contribution in [3.8, 4) is 0 Å². The highest BCUT2D eigenvalue weighted by molar-refractivity contribution is 4.97. The van der Waals surface area contributed by atoms with E-state index in [4.69, 9.17) is 5.73 Å². The Morgan fingerprint density at radius 3 is 2.00 bits per heavy atom. The minimum atomic E-state index is 0.264. The highest BCUT2D eigenvalue weighted by Gasteiger charge is 2.42. The maximum atomic E-state index is 6.40. The molecule has 13 heavy (non-hydrogen) atoms. The molecule has 2 N–H and O–H groups in total. The van der Waals surface area contributed by atoms with E-state index in [9.17, 15) is 0 Å². The molecule has 0 spiro atoms. The molecule has 1 saturated carbocycles. The molecule has 78 valence electrons. The standard InChI is InChI=1S/C12H25N/c1-5-12(8-6-7-9-12)10(13)11(2,3)4/h10H,5-9,13H2,1-4H3. The molecule has 1 nitrogen and oxygen atoms in total. The van der Waals surface area contributed by atoms with Crippen molar-refractivity contribution in [1.82, 2.24) is 0 Å². The molecule has 1 heteroatoms. The van der Waals surface area contributed by atoms with Gasteiger partial charge in [-0.1, -0.05) is 40.5 Å². The van der Waals surface area contributed by atoms with Gasteiger partial charge in [0, 0.05) is 6.04 Å². The van der Waals surface area contributed by atoms with Crippen molar-refractivity contribution in [3.05, 3.63) is 0 Å². The Bertz CT molecular complexity index is 160. The van der Waals surface area contributed by atoms with Crippen LogP contribution in [0.5, 0.6) is 0 Å². The first kappa shape index (κ1) is 11.0. The molecule has 0 aromatic carbocycles. The first-order valence-electron chi connectivity index (χ1n) is 5.68.